The fourth-order valence-corrected chi connectivity index (χ4v) is 3.34. The molecule has 0 aliphatic carbocycles. The summed E-state index contributed by atoms with van der Waals surface area (Å²) in [4.78, 5) is 20.9. The lowest BCUT2D eigenvalue weighted by molar-refractivity contribution is 0.0962. The molecule has 10 nitrogen and oxygen atoms in total. The number of aromatic nitrogens is 4. The number of rotatable bonds is 8. The Balaban J connectivity index is 1.65. The van der Waals surface area contributed by atoms with E-state index in [1.165, 1.54) is 6.39 Å². The van der Waals surface area contributed by atoms with Gasteiger partial charge < -0.3 is 25.5 Å². The van der Waals surface area contributed by atoms with Crippen LogP contribution in [0.4, 0.5) is 17.5 Å². The Morgan fingerprint density at radius 3 is 2.67 bits per heavy atom. The van der Waals surface area contributed by atoms with Crippen LogP contribution >= 0.6 is 0 Å². The fraction of sp³-hybridized carbons (Fsp3) is 0.174. The highest BCUT2D eigenvalue weighted by Crippen LogP contribution is 2.29. The average Bonchev–Trinajstić information content (AvgIpc) is 3.37. The molecule has 2 heterocycles. The van der Waals surface area contributed by atoms with E-state index in [4.69, 9.17) is 4.42 Å². The van der Waals surface area contributed by atoms with Gasteiger partial charge in [0.15, 0.2) is 0 Å². The number of carbonyl (C=O) groups is 1. The number of aliphatic hydroxyl groups is 1. The van der Waals surface area contributed by atoms with Crippen LogP contribution in [0.25, 0.3) is 11.5 Å². The summed E-state index contributed by atoms with van der Waals surface area (Å²) in [5, 5.41) is 26.7. The average molecular weight is 445 g/mol. The van der Waals surface area contributed by atoms with Gasteiger partial charge in [-0.25, -0.2) is 4.98 Å². The number of nitrogens with zero attached hydrogens (tertiary/aromatic N) is 4. The lowest BCUT2D eigenvalue weighted by Gasteiger charge is -2.19. The summed E-state index contributed by atoms with van der Waals surface area (Å²) in [6, 6.07) is 14.5. The first-order valence-corrected chi connectivity index (χ1v) is 10.2. The molecule has 0 bridgehead atoms. The summed E-state index contributed by atoms with van der Waals surface area (Å²) in [7, 11) is 1.59. The van der Waals surface area contributed by atoms with Crippen molar-refractivity contribution in [2.45, 2.75) is 13.0 Å². The highest BCUT2D eigenvalue weighted by molar-refractivity contribution is 5.95. The topological polar surface area (TPSA) is 138 Å². The molecule has 33 heavy (non-hydrogen) atoms. The number of hydrogen-bond donors (Lipinski definition) is 4. The van der Waals surface area contributed by atoms with E-state index in [9.17, 15) is 9.90 Å². The number of aliphatic hydroxyl groups excluding tert-OH is 1. The van der Waals surface area contributed by atoms with Gasteiger partial charge in [0.05, 0.1) is 18.2 Å². The molecule has 0 fully saturated rings. The smallest absolute Gasteiger partial charge is 0.252 e. The zero-order chi connectivity index (χ0) is 23.2. The zero-order valence-electron chi connectivity index (χ0n) is 18.1. The Morgan fingerprint density at radius 1 is 1.18 bits per heavy atom. The van der Waals surface area contributed by atoms with Crippen LogP contribution < -0.4 is 16.0 Å². The van der Waals surface area contributed by atoms with Crippen LogP contribution in [0.2, 0.25) is 0 Å². The van der Waals surface area contributed by atoms with Crippen molar-refractivity contribution in [3.63, 3.8) is 0 Å². The third-order valence-electron chi connectivity index (χ3n) is 5.03. The van der Waals surface area contributed by atoms with Crippen LogP contribution in [0.3, 0.4) is 0 Å². The Hall–Kier alpha value is -4.31. The number of carbonyl (C=O) groups excluding carboxylic acids is 1. The summed E-state index contributed by atoms with van der Waals surface area (Å²) in [6.07, 6.45) is 2.79. The van der Waals surface area contributed by atoms with E-state index in [1.54, 1.807) is 25.4 Å². The Bertz CT molecular complexity index is 1230. The third-order valence-corrected chi connectivity index (χ3v) is 5.03. The first-order chi connectivity index (χ1) is 16.1. The predicted octanol–water partition coefficient (Wildman–Crippen LogP) is 3.08. The molecule has 10 heteroatoms. The van der Waals surface area contributed by atoms with Crippen molar-refractivity contribution in [1.29, 1.82) is 0 Å². The van der Waals surface area contributed by atoms with Crippen molar-refractivity contribution in [3.8, 4) is 11.5 Å². The minimum atomic E-state index is -0.412. The number of anilines is 3. The minimum Gasteiger partial charge on any atom is -0.423 e. The molecule has 0 saturated heterocycles. The third kappa shape index (κ3) is 4.96. The van der Waals surface area contributed by atoms with Crippen LogP contribution in [0.1, 0.15) is 27.5 Å². The van der Waals surface area contributed by atoms with Crippen LogP contribution in [-0.4, -0.2) is 44.8 Å². The van der Waals surface area contributed by atoms with Crippen LogP contribution in [0, 0.1) is 6.92 Å². The maximum absolute atomic E-state index is 11.9. The Morgan fingerprint density at radius 2 is 2.00 bits per heavy atom. The summed E-state index contributed by atoms with van der Waals surface area (Å²) in [5.41, 5.74) is 3.51. The molecular formula is C23H23N7O3. The van der Waals surface area contributed by atoms with Gasteiger partial charge in [0.25, 0.3) is 11.8 Å². The molecule has 0 aliphatic heterocycles. The molecule has 1 atom stereocenters. The molecule has 4 N–H and O–H groups in total. The molecule has 2 aromatic heterocycles. The van der Waals surface area contributed by atoms with E-state index in [-0.39, 0.29) is 18.4 Å². The number of hydrogen-bond acceptors (Lipinski definition) is 9. The molecule has 4 rings (SSSR count). The number of amides is 1. The van der Waals surface area contributed by atoms with E-state index in [1.807, 2.05) is 43.3 Å². The second kappa shape index (κ2) is 9.88. The van der Waals surface area contributed by atoms with Gasteiger partial charge in [-0.2, -0.15) is 4.98 Å². The van der Waals surface area contributed by atoms with Gasteiger partial charge in [-0.05, 0) is 36.2 Å². The molecule has 0 saturated carbocycles. The summed E-state index contributed by atoms with van der Waals surface area (Å²) < 4.78 is 5.34. The van der Waals surface area contributed by atoms with Crippen LogP contribution in [-0.2, 0) is 0 Å². The fourth-order valence-electron chi connectivity index (χ4n) is 3.34. The van der Waals surface area contributed by atoms with Crippen molar-refractivity contribution in [1.82, 2.24) is 25.5 Å². The van der Waals surface area contributed by atoms with E-state index in [0.717, 1.165) is 16.8 Å². The van der Waals surface area contributed by atoms with Gasteiger partial charge in [0.2, 0.25) is 12.3 Å². The van der Waals surface area contributed by atoms with E-state index in [0.29, 0.717) is 22.9 Å². The molecule has 0 spiro atoms. The van der Waals surface area contributed by atoms with Gasteiger partial charge in [0.1, 0.15) is 5.82 Å². The largest absolute Gasteiger partial charge is 0.423 e. The minimum absolute atomic E-state index is 0.151. The summed E-state index contributed by atoms with van der Waals surface area (Å²) in [5.74, 6) is 0.831. The Kier molecular flexibility index (Phi) is 6.56. The quantitative estimate of drug-likeness (QED) is 0.322. The van der Waals surface area contributed by atoms with E-state index < -0.39 is 6.04 Å². The zero-order valence-corrected chi connectivity index (χ0v) is 18.1. The lowest BCUT2D eigenvalue weighted by Crippen LogP contribution is -2.19. The lowest BCUT2D eigenvalue weighted by atomic mass is 10.1. The SMILES string of the molecule is CNC(=O)c1ccc(Nc2ncc(-c3nnco3)c(N[C@H](CO)c3ccccc3)n2)cc1C. The molecule has 4 aromatic rings. The van der Waals surface area contributed by atoms with Crippen molar-refractivity contribution >= 4 is 23.4 Å². The molecule has 2 aromatic carbocycles. The van der Waals surface area contributed by atoms with Gasteiger partial charge in [-0.1, -0.05) is 30.3 Å². The molecular weight excluding hydrogens is 422 g/mol. The molecule has 0 radical (unpaired) electrons. The molecule has 0 unspecified atom stereocenters. The van der Waals surface area contributed by atoms with Crippen LogP contribution in [0.15, 0.2) is 65.5 Å². The number of aryl methyl sites for hydroxylation is 1. The standard InChI is InChI=1S/C23H23N7O3/c1-14-10-16(8-9-17(14)21(32)24-2)27-23-25-11-18(22-30-26-13-33-22)20(29-23)28-19(12-31)15-6-4-3-5-7-15/h3-11,13,19,31H,12H2,1-2H3,(H,24,32)(H2,25,27,28,29)/t19-/m1/s1. The van der Waals surface area contributed by atoms with Gasteiger partial charge in [0, 0.05) is 24.5 Å². The molecule has 0 aliphatic rings. The second-order valence-corrected chi connectivity index (χ2v) is 7.22. The maximum atomic E-state index is 11.9. The Labute approximate surface area is 190 Å². The summed E-state index contributed by atoms with van der Waals surface area (Å²) in [6.45, 7) is 1.70. The van der Waals surface area contributed by atoms with E-state index >= 15 is 0 Å². The maximum Gasteiger partial charge on any atom is 0.252 e. The van der Waals surface area contributed by atoms with Gasteiger partial charge in [-0.3, -0.25) is 4.79 Å². The molecule has 168 valence electrons. The van der Waals surface area contributed by atoms with Crippen molar-refractivity contribution in [3.05, 3.63) is 77.8 Å². The van der Waals surface area contributed by atoms with Crippen LogP contribution in [0.5, 0.6) is 0 Å². The van der Waals surface area contributed by atoms with Crippen molar-refractivity contribution in [2.75, 3.05) is 24.3 Å². The number of nitrogens with one attached hydrogen (secondary N) is 3. The second-order valence-electron chi connectivity index (χ2n) is 7.22. The summed E-state index contributed by atoms with van der Waals surface area (Å²) >= 11 is 0. The normalized spacial score (nSPS) is 11.6. The van der Waals surface area contributed by atoms with Gasteiger partial charge >= 0.3 is 0 Å². The number of benzene rings is 2. The first kappa shape index (κ1) is 21.9. The highest BCUT2D eigenvalue weighted by Gasteiger charge is 2.18. The highest BCUT2D eigenvalue weighted by atomic mass is 16.4. The molecule has 1 amide bonds. The van der Waals surface area contributed by atoms with Crippen molar-refractivity contribution < 1.29 is 14.3 Å². The van der Waals surface area contributed by atoms with Crippen molar-refractivity contribution in [2.24, 2.45) is 0 Å². The van der Waals surface area contributed by atoms with E-state index in [2.05, 4.69) is 36.1 Å². The predicted molar refractivity (Wildman–Crippen MR) is 123 cm³/mol. The van der Waals surface area contributed by atoms with Gasteiger partial charge in [-0.15, -0.1) is 10.2 Å². The first-order valence-electron chi connectivity index (χ1n) is 10.2. The monoisotopic (exact) mass is 445 g/mol.